The molecule has 0 saturated carbocycles. The van der Waals surface area contributed by atoms with Crippen molar-refractivity contribution < 1.29 is 9.53 Å². The van der Waals surface area contributed by atoms with Crippen LogP contribution in [0, 0.1) is 10.5 Å². The molecule has 0 aliphatic carbocycles. The van der Waals surface area contributed by atoms with Crippen LogP contribution in [0.2, 0.25) is 0 Å². The monoisotopic (exact) mass is 439 g/mol. The number of aliphatic imine (C=N–C) groups is 1. The number of aryl methyl sites for hydroxylation is 1. The highest BCUT2D eigenvalue weighted by molar-refractivity contribution is 14.1. The van der Waals surface area contributed by atoms with Gasteiger partial charge in [-0.25, -0.2) is 9.79 Å². The molecule has 0 saturated heterocycles. The van der Waals surface area contributed by atoms with Crippen molar-refractivity contribution >= 4 is 51.3 Å². The lowest BCUT2D eigenvalue weighted by Gasteiger charge is -2.02. The van der Waals surface area contributed by atoms with Gasteiger partial charge < -0.3 is 4.74 Å². The van der Waals surface area contributed by atoms with Crippen LogP contribution in [-0.4, -0.2) is 11.9 Å². The van der Waals surface area contributed by atoms with Crippen LogP contribution < -0.4 is 0 Å². The fraction of sp³-hybridized carbons (Fsp3) is 0.0476. The molecule has 0 amide bonds. The van der Waals surface area contributed by atoms with E-state index in [-0.39, 0.29) is 0 Å². The Hall–Kier alpha value is -2.47. The van der Waals surface area contributed by atoms with Gasteiger partial charge in [0.2, 0.25) is 5.90 Å². The number of esters is 1. The molecule has 1 heterocycles. The lowest BCUT2D eigenvalue weighted by Crippen LogP contribution is -2.05. The van der Waals surface area contributed by atoms with Crippen molar-refractivity contribution in [2.45, 2.75) is 6.92 Å². The zero-order valence-electron chi connectivity index (χ0n) is 13.5. The second-order valence-corrected chi connectivity index (χ2v) is 7.07. The summed E-state index contributed by atoms with van der Waals surface area (Å²) in [5.74, 6) is -0.0594. The molecule has 0 fully saturated rings. The number of hydrogen-bond acceptors (Lipinski definition) is 3. The molecule has 1 aliphatic rings. The fourth-order valence-electron chi connectivity index (χ4n) is 2.77. The summed E-state index contributed by atoms with van der Waals surface area (Å²) in [5, 5.41) is 2.29. The molecule has 122 valence electrons. The molecule has 0 atom stereocenters. The molecule has 3 aromatic carbocycles. The predicted octanol–water partition coefficient (Wildman–Crippen LogP) is 5.10. The third kappa shape index (κ3) is 3.22. The minimum atomic E-state index is -0.417. The van der Waals surface area contributed by atoms with Gasteiger partial charge in [0.1, 0.15) is 0 Å². The number of carbonyl (C=O) groups excluding carboxylic acids is 1. The quantitative estimate of drug-likeness (QED) is 0.317. The van der Waals surface area contributed by atoms with Crippen molar-refractivity contribution in [2.24, 2.45) is 4.99 Å². The number of nitrogens with zero attached hydrogens (tertiary/aromatic N) is 1. The van der Waals surface area contributed by atoms with Crippen molar-refractivity contribution in [1.29, 1.82) is 0 Å². The maximum atomic E-state index is 12.2. The van der Waals surface area contributed by atoms with Crippen LogP contribution in [0.3, 0.4) is 0 Å². The first-order chi connectivity index (χ1) is 12.1. The summed E-state index contributed by atoms with van der Waals surface area (Å²) in [6.07, 6.45) is 1.77. The molecule has 3 nitrogen and oxygen atoms in total. The zero-order valence-corrected chi connectivity index (χ0v) is 15.7. The summed E-state index contributed by atoms with van der Waals surface area (Å²) in [4.78, 5) is 16.6. The minimum Gasteiger partial charge on any atom is -0.402 e. The number of cyclic esters (lactones) is 1. The summed E-state index contributed by atoms with van der Waals surface area (Å²) < 4.78 is 6.52. The lowest BCUT2D eigenvalue weighted by atomic mass is 10.1. The van der Waals surface area contributed by atoms with Gasteiger partial charge in [-0.05, 0) is 81.8 Å². The van der Waals surface area contributed by atoms with Gasteiger partial charge in [0.15, 0.2) is 5.70 Å². The van der Waals surface area contributed by atoms with E-state index in [0.29, 0.717) is 11.6 Å². The van der Waals surface area contributed by atoms with Crippen LogP contribution in [0.15, 0.2) is 71.4 Å². The van der Waals surface area contributed by atoms with E-state index in [1.54, 1.807) is 6.08 Å². The molecule has 1 aliphatic heterocycles. The summed E-state index contributed by atoms with van der Waals surface area (Å²) in [5.41, 5.74) is 3.19. The van der Waals surface area contributed by atoms with Gasteiger partial charge in [0.25, 0.3) is 0 Å². The van der Waals surface area contributed by atoms with E-state index in [9.17, 15) is 4.79 Å². The molecule has 0 N–H and O–H groups in total. The van der Waals surface area contributed by atoms with Crippen molar-refractivity contribution in [1.82, 2.24) is 0 Å². The first-order valence-electron chi connectivity index (χ1n) is 7.88. The van der Waals surface area contributed by atoms with Gasteiger partial charge in [-0.15, -0.1) is 0 Å². The number of ether oxygens (including phenoxy) is 1. The number of benzene rings is 3. The summed E-state index contributed by atoms with van der Waals surface area (Å²) in [6.45, 7) is 2.02. The Morgan fingerprint density at radius 2 is 1.80 bits per heavy atom. The Labute approximate surface area is 159 Å². The zero-order chi connectivity index (χ0) is 17.4. The van der Waals surface area contributed by atoms with E-state index in [0.717, 1.165) is 27.5 Å². The Kier molecular flexibility index (Phi) is 4.13. The topological polar surface area (TPSA) is 38.7 Å². The van der Waals surface area contributed by atoms with Crippen LogP contribution >= 0.6 is 22.6 Å². The van der Waals surface area contributed by atoms with Crippen molar-refractivity contribution in [3.05, 3.63) is 86.6 Å². The van der Waals surface area contributed by atoms with Crippen LogP contribution in [-0.2, 0) is 9.53 Å². The summed E-state index contributed by atoms with van der Waals surface area (Å²) in [6, 6.07) is 20.1. The van der Waals surface area contributed by atoms with Crippen LogP contribution in [0.4, 0.5) is 0 Å². The molecule has 0 spiro atoms. The lowest BCUT2D eigenvalue weighted by molar-refractivity contribution is -0.129. The third-order valence-corrected chi connectivity index (χ3v) is 5.31. The van der Waals surface area contributed by atoms with Crippen LogP contribution in [0.5, 0.6) is 0 Å². The Morgan fingerprint density at radius 1 is 1.00 bits per heavy atom. The van der Waals surface area contributed by atoms with Gasteiger partial charge in [0.05, 0.1) is 0 Å². The number of carbonyl (C=O) groups is 1. The molecule has 0 aromatic heterocycles. The molecule has 0 unspecified atom stereocenters. The van der Waals surface area contributed by atoms with Gasteiger partial charge >= 0.3 is 5.97 Å². The molecule has 25 heavy (non-hydrogen) atoms. The average molecular weight is 439 g/mol. The van der Waals surface area contributed by atoms with Gasteiger partial charge in [-0.2, -0.15) is 0 Å². The van der Waals surface area contributed by atoms with E-state index >= 15 is 0 Å². The molecule has 3 aromatic rings. The first-order valence-corrected chi connectivity index (χ1v) is 8.96. The van der Waals surface area contributed by atoms with Crippen molar-refractivity contribution in [3.63, 3.8) is 0 Å². The molecular formula is C21H14INO2. The van der Waals surface area contributed by atoms with E-state index in [1.165, 1.54) is 3.57 Å². The van der Waals surface area contributed by atoms with E-state index in [2.05, 4.69) is 33.6 Å². The van der Waals surface area contributed by atoms with Crippen molar-refractivity contribution in [3.8, 4) is 0 Å². The Morgan fingerprint density at radius 3 is 2.60 bits per heavy atom. The first kappa shape index (κ1) is 16.0. The number of rotatable bonds is 2. The predicted molar refractivity (Wildman–Crippen MR) is 108 cm³/mol. The van der Waals surface area contributed by atoms with Gasteiger partial charge in [-0.1, -0.05) is 36.4 Å². The highest BCUT2D eigenvalue weighted by atomic mass is 127. The molecular weight excluding hydrogens is 425 g/mol. The molecule has 0 bridgehead atoms. The van der Waals surface area contributed by atoms with Gasteiger partial charge in [-0.3, -0.25) is 0 Å². The maximum absolute atomic E-state index is 12.2. The molecule has 0 radical (unpaired) electrons. The minimum absolute atomic E-state index is 0.321. The largest absolute Gasteiger partial charge is 0.402 e. The highest BCUT2D eigenvalue weighted by Gasteiger charge is 2.24. The molecule has 4 rings (SSSR count). The van der Waals surface area contributed by atoms with Crippen LogP contribution in [0.1, 0.15) is 16.7 Å². The number of fused-ring (bicyclic) bond motifs is 1. The SMILES string of the molecule is Cc1cc(C2=N/C(=C\c3ccc4ccccc4c3)C(=O)O2)ccc1I. The van der Waals surface area contributed by atoms with E-state index in [1.807, 2.05) is 61.5 Å². The third-order valence-electron chi connectivity index (χ3n) is 4.10. The van der Waals surface area contributed by atoms with E-state index < -0.39 is 5.97 Å². The Balaban J connectivity index is 1.71. The number of hydrogen-bond donors (Lipinski definition) is 0. The average Bonchev–Trinajstić information content (AvgIpc) is 2.98. The fourth-order valence-corrected chi connectivity index (χ4v) is 3.10. The summed E-state index contributed by atoms with van der Waals surface area (Å²) in [7, 11) is 0. The Bertz CT molecular complexity index is 1070. The summed E-state index contributed by atoms with van der Waals surface area (Å²) >= 11 is 2.28. The highest BCUT2D eigenvalue weighted by Crippen LogP contribution is 2.23. The van der Waals surface area contributed by atoms with Crippen LogP contribution in [0.25, 0.3) is 16.8 Å². The second-order valence-electron chi connectivity index (χ2n) is 5.91. The molecule has 4 heteroatoms. The smallest absolute Gasteiger partial charge is 0.363 e. The van der Waals surface area contributed by atoms with Gasteiger partial charge in [0, 0.05) is 9.13 Å². The normalized spacial score (nSPS) is 15.5. The second kappa shape index (κ2) is 6.44. The van der Waals surface area contributed by atoms with E-state index in [4.69, 9.17) is 4.74 Å². The maximum Gasteiger partial charge on any atom is 0.363 e. The number of halogens is 1. The standard InChI is InChI=1S/C21H14INO2/c1-13-10-17(8-9-18(13)22)20-23-19(21(24)25-20)12-14-6-7-15-4-2-3-5-16(15)11-14/h2-12H,1H3/b19-12-. The van der Waals surface area contributed by atoms with Crippen molar-refractivity contribution in [2.75, 3.05) is 0 Å².